The third-order valence-corrected chi connectivity index (χ3v) is 1.09. The predicted molar refractivity (Wildman–Crippen MR) is 42.9 cm³/mol. The second-order valence-corrected chi connectivity index (χ2v) is 2.58. The Morgan fingerprint density at radius 3 is 2.70 bits per heavy atom. The van der Waals surface area contributed by atoms with E-state index < -0.39 is 0 Å². The van der Waals surface area contributed by atoms with E-state index in [0.29, 0.717) is 18.0 Å². The summed E-state index contributed by atoms with van der Waals surface area (Å²) in [6.45, 7) is 5.77. The zero-order valence-corrected chi connectivity index (χ0v) is 6.87. The van der Waals surface area contributed by atoms with Gasteiger partial charge in [0, 0.05) is 11.5 Å². The van der Waals surface area contributed by atoms with E-state index >= 15 is 0 Å². The molecule has 0 aliphatic heterocycles. The fraction of sp³-hybridized carbons (Fsp3) is 0.571. The Morgan fingerprint density at radius 2 is 2.30 bits per heavy atom. The van der Waals surface area contributed by atoms with Crippen LogP contribution in [-0.2, 0) is 4.79 Å². The van der Waals surface area contributed by atoms with Crippen molar-refractivity contribution in [1.82, 2.24) is 5.32 Å². The summed E-state index contributed by atoms with van der Waals surface area (Å²) in [7, 11) is 0. The first-order chi connectivity index (χ1) is 4.66. The van der Waals surface area contributed by atoms with E-state index in [1.54, 1.807) is 0 Å². The molecule has 0 unspecified atom stereocenters. The van der Waals surface area contributed by atoms with E-state index in [-0.39, 0.29) is 5.91 Å². The van der Waals surface area contributed by atoms with Crippen molar-refractivity contribution in [2.24, 2.45) is 0 Å². The number of hydrogen-bond donors (Lipinski definition) is 1. The van der Waals surface area contributed by atoms with Gasteiger partial charge in [-0.1, -0.05) is 25.1 Å². The van der Waals surface area contributed by atoms with Gasteiger partial charge in [-0.3, -0.25) is 4.79 Å². The van der Waals surface area contributed by atoms with E-state index in [1.807, 2.05) is 6.92 Å². The summed E-state index contributed by atoms with van der Waals surface area (Å²) in [5, 5.41) is 3.08. The second kappa shape index (κ2) is 5.30. The number of halogens is 1. The maximum Gasteiger partial charge on any atom is 0.220 e. The summed E-state index contributed by atoms with van der Waals surface area (Å²) in [4.78, 5) is 10.7. The Balaban J connectivity index is 3.30. The molecule has 0 aliphatic rings. The van der Waals surface area contributed by atoms with E-state index in [4.69, 9.17) is 11.6 Å². The zero-order chi connectivity index (χ0) is 7.98. The molecule has 0 spiro atoms. The monoisotopic (exact) mass is 161 g/mol. The summed E-state index contributed by atoms with van der Waals surface area (Å²) in [5.41, 5.74) is 0. The molecule has 58 valence electrons. The average Bonchev–Trinajstić information content (AvgIpc) is 1.85. The fourth-order valence-electron chi connectivity index (χ4n) is 0.510. The summed E-state index contributed by atoms with van der Waals surface area (Å²) in [6.07, 6.45) is 1.42. The van der Waals surface area contributed by atoms with Crippen LogP contribution in [0, 0.1) is 0 Å². The molecule has 2 nitrogen and oxygen atoms in total. The zero-order valence-electron chi connectivity index (χ0n) is 6.11. The van der Waals surface area contributed by atoms with Gasteiger partial charge in [-0.2, -0.15) is 0 Å². The Bertz CT molecular complexity index is 134. The van der Waals surface area contributed by atoms with Crippen molar-refractivity contribution in [3.8, 4) is 0 Å². The van der Waals surface area contributed by atoms with Gasteiger partial charge in [-0.15, -0.1) is 0 Å². The van der Waals surface area contributed by atoms with Crippen molar-refractivity contribution in [2.75, 3.05) is 6.54 Å². The lowest BCUT2D eigenvalue weighted by molar-refractivity contribution is -0.120. The van der Waals surface area contributed by atoms with E-state index in [1.165, 1.54) is 0 Å². The molecule has 1 amide bonds. The second-order valence-electron chi connectivity index (χ2n) is 2.04. The predicted octanol–water partition coefficient (Wildman–Crippen LogP) is 1.66. The Hall–Kier alpha value is -0.500. The van der Waals surface area contributed by atoms with Gasteiger partial charge in [-0.05, 0) is 6.42 Å². The topological polar surface area (TPSA) is 29.1 Å². The maximum absolute atomic E-state index is 10.7. The fourth-order valence-corrected chi connectivity index (χ4v) is 0.577. The molecule has 0 atom stereocenters. The van der Waals surface area contributed by atoms with Gasteiger partial charge in [-0.25, -0.2) is 0 Å². The Kier molecular flexibility index (Phi) is 5.03. The SMILES string of the molecule is C=C(Cl)CNC(=O)CCC. The average molecular weight is 162 g/mol. The molecule has 0 saturated heterocycles. The summed E-state index contributed by atoms with van der Waals surface area (Å²) in [6, 6.07) is 0. The first-order valence-electron chi connectivity index (χ1n) is 3.26. The molecular formula is C7H12ClNO. The molecule has 0 aromatic heterocycles. The summed E-state index contributed by atoms with van der Waals surface area (Å²) < 4.78 is 0. The molecule has 3 heteroatoms. The van der Waals surface area contributed by atoms with Crippen LogP contribution in [0.5, 0.6) is 0 Å². The van der Waals surface area contributed by atoms with Crippen molar-refractivity contribution in [1.29, 1.82) is 0 Å². The van der Waals surface area contributed by atoms with E-state index in [2.05, 4.69) is 11.9 Å². The Morgan fingerprint density at radius 1 is 1.70 bits per heavy atom. The van der Waals surface area contributed by atoms with Gasteiger partial charge in [0.2, 0.25) is 5.91 Å². The van der Waals surface area contributed by atoms with Crippen molar-refractivity contribution in [2.45, 2.75) is 19.8 Å². The van der Waals surface area contributed by atoms with Crippen LogP contribution in [0.2, 0.25) is 0 Å². The third kappa shape index (κ3) is 5.63. The summed E-state index contributed by atoms with van der Waals surface area (Å²) in [5.74, 6) is 0.0318. The molecule has 0 aromatic carbocycles. The van der Waals surface area contributed by atoms with Gasteiger partial charge < -0.3 is 5.32 Å². The number of hydrogen-bond acceptors (Lipinski definition) is 1. The number of carbonyl (C=O) groups excluding carboxylic acids is 1. The van der Waals surface area contributed by atoms with Gasteiger partial charge in [0.05, 0.1) is 6.54 Å². The highest BCUT2D eigenvalue weighted by Gasteiger charge is 1.96. The van der Waals surface area contributed by atoms with Gasteiger partial charge in [0.1, 0.15) is 0 Å². The molecule has 0 aliphatic carbocycles. The molecule has 0 fully saturated rings. The van der Waals surface area contributed by atoms with Crippen LogP contribution in [0.25, 0.3) is 0 Å². The number of amides is 1. The van der Waals surface area contributed by atoms with Crippen LogP contribution in [0.4, 0.5) is 0 Å². The van der Waals surface area contributed by atoms with Crippen molar-refractivity contribution < 1.29 is 4.79 Å². The minimum Gasteiger partial charge on any atom is -0.351 e. The van der Waals surface area contributed by atoms with Crippen LogP contribution >= 0.6 is 11.6 Å². The van der Waals surface area contributed by atoms with Crippen molar-refractivity contribution in [3.63, 3.8) is 0 Å². The highest BCUT2D eigenvalue weighted by molar-refractivity contribution is 6.29. The number of carbonyl (C=O) groups is 1. The van der Waals surface area contributed by atoms with Crippen LogP contribution in [0.1, 0.15) is 19.8 Å². The van der Waals surface area contributed by atoms with E-state index in [0.717, 1.165) is 6.42 Å². The first kappa shape index (κ1) is 9.50. The standard InChI is InChI=1S/C7H12ClNO/c1-3-4-7(10)9-5-6(2)8/h2-5H2,1H3,(H,9,10). The van der Waals surface area contributed by atoms with Crippen molar-refractivity contribution >= 4 is 17.5 Å². The smallest absolute Gasteiger partial charge is 0.220 e. The third-order valence-electron chi connectivity index (χ3n) is 0.954. The molecule has 0 rings (SSSR count). The van der Waals surface area contributed by atoms with E-state index in [9.17, 15) is 4.79 Å². The molecule has 0 radical (unpaired) electrons. The summed E-state index contributed by atoms with van der Waals surface area (Å²) >= 11 is 5.41. The molecule has 0 bridgehead atoms. The van der Waals surface area contributed by atoms with Crippen molar-refractivity contribution in [3.05, 3.63) is 11.6 Å². The number of nitrogens with one attached hydrogen (secondary N) is 1. The number of rotatable bonds is 4. The van der Waals surface area contributed by atoms with Crippen LogP contribution in [0.3, 0.4) is 0 Å². The molecule has 10 heavy (non-hydrogen) atoms. The van der Waals surface area contributed by atoms with Crippen LogP contribution in [-0.4, -0.2) is 12.5 Å². The van der Waals surface area contributed by atoms with Crippen LogP contribution in [0.15, 0.2) is 11.6 Å². The van der Waals surface area contributed by atoms with Gasteiger partial charge >= 0.3 is 0 Å². The lowest BCUT2D eigenvalue weighted by Gasteiger charge is -2.00. The minimum absolute atomic E-state index is 0.0318. The Labute approximate surface area is 66.3 Å². The molecule has 0 heterocycles. The molecule has 0 aromatic rings. The van der Waals surface area contributed by atoms with Gasteiger partial charge in [0.25, 0.3) is 0 Å². The van der Waals surface area contributed by atoms with Crippen LogP contribution < -0.4 is 5.32 Å². The highest BCUT2D eigenvalue weighted by Crippen LogP contribution is 1.93. The quantitative estimate of drug-likeness (QED) is 0.668. The largest absolute Gasteiger partial charge is 0.351 e. The normalized spacial score (nSPS) is 9.00. The first-order valence-corrected chi connectivity index (χ1v) is 3.64. The lowest BCUT2D eigenvalue weighted by Crippen LogP contribution is -2.23. The minimum atomic E-state index is 0.0318. The molecule has 0 saturated carbocycles. The molecular weight excluding hydrogens is 150 g/mol. The molecule has 1 N–H and O–H groups in total. The van der Waals surface area contributed by atoms with Gasteiger partial charge in [0.15, 0.2) is 0 Å². The lowest BCUT2D eigenvalue weighted by atomic mass is 10.3. The maximum atomic E-state index is 10.7. The highest BCUT2D eigenvalue weighted by atomic mass is 35.5.